The van der Waals surface area contributed by atoms with Crippen LogP contribution in [0, 0.1) is 22.0 Å². The van der Waals surface area contributed by atoms with Crippen LogP contribution in [0.15, 0.2) is 90.1 Å². The molecule has 9 rings (SSSR count). The van der Waals surface area contributed by atoms with Gasteiger partial charge in [-0.3, -0.25) is 19.8 Å². The van der Waals surface area contributed by atoms with E-state index in [0.29, 0.717) is 49.0 Å². The van der Waals surface area contributed by atoms with Gasteiger partial charge >= 0.3 is 0 Å². The van der Waals surface area contributed by atoms with Crippen LogP contribution in [0.3, 0.4) is 0 Å². The van der Waals surface area contributed by atoms with E-state index in [0.717, 1.165) is 69.0 Å². The number of hydrogen-bond acceptors (Lipinski definition) is 11. The number of aromatic amines is 1. The first kappa shape index (κ1) is 39.9. The van der Waals surface area contributed by atoms with Gasteiger partial charge in [0.1, 0.15) is 22.8 Å². The largest absolute Gasteiger partial charge is 0.455 e. The minimum absolute atomic E-state index is 0.0106. The van der Waals surface area contributed by atoms with E-state index in [1.807, 2.05) is 12.1 Å². The van der Waals surface area contributed by atoms with Crippen molar-refractivity contribution in [2.75, 3.05) is 56.2 Å². The number of nitrogens with zero attached hydrogens (tertiary/aromatic N) is 4. The maximum Gasteiger partial charge on any atom is 0.293 e. The Hall–Kier alpha value is -5.51. The molecule has 0 bridgehead atoms. The number of carbonyl (C=O) groups is 1. The van der Waals surface area contributed by atoms with E-state index in [2.05, 4.69) is 54.1 Å². The Morgan fingerprint density at radius 3 is 2.57 bits per heavy atom. The fourth-order valence-corrected chi connectivity index (χ4v) is 10.2. The van der Waals surface area contributed by atoms with Crippen molar-refractivity contribution in [1.82, 2.24) is 19.6 Å². The predicted octanol–water partition coefficient (Wildman–Crippen LogP) is 8.15. The fourth-order valence-electron chi connectivity index (χ4n) is 9.26. The highest BCUT2D eigenvalue weighted by molar-refractivity contribution is 7.90. The number of pyridine rings is 1. The van der Waals surface area contributed by atoms with Crippen LogP contribution in [0.5, 0.6) is 11.5 Å². The van der Waals surface area contributed by atoms with Crippen molar-refractivity contribution in [3.63, 3.8) is 0 Å². The normalized spacial score (nSPS) is 20.3. The lowest BCUT2D eigenvalue weighted by atomic mass is 9.93. The number of sulfonamides is 1. The van der Waals surface area contributed by atoms with Crippen molar-refractivity contribution >= 4 is 44.0 Å². The van der Waals surface area contributed by atoms with E-state index in [-0.39, 0.29) is 22.9 Å². The number of nitro benzene ring substituents is 1. The van der Waals surface area contributed by atoms with Crippen LogP contribution < -0.4 is 19.7 Å². The van der Waals surface area contributed by atoms with Gasteiger partial charge in [0.05, 0.1) is 21.6 Å². The number of anilines is 2. The van der Waals surface area contributed by atoms with Gasteiger partial charge in [-0.05, 0) is 123 Å². The molecule has 0 radical (unpaired) electrons. The van der Waals surface area contributed by atoms with Crippen LogP contribution >= 0.6 is 0 Å². The molecule has 4 fully saturated rings. The van der Waals surface area contributed by atoms with Crippen molar-refractivity contribution in [1.29, 1.82) is 0 Å². The number of ether oxygens (including phenoxy) is 2. The average molecular weight is 834 g/mol. The van der Waals surface area contributed by atoms with Gasteiger partial charge in [0.15, 0.2) is 0 Å². The molecule has 1 aliphatic carbocycles. The summed E-state index contributed by atoms with van der Waals surface area (Å²) in [5.41, 5.74) is 4.36. The molecule has 60 heavy (non-hydrogen) atoms. The molecule has 314 valence electrons. The number of nitro groups is 1. The molecule has 3 saturated heterocycles. The van der Waals surface area contributed by atoms with Gasteiger partial charge in [-0.25, -0.2) is 18.1 Å². The summed E-state index contributed by atoms with van der Waals surface area (Å²) in [6.45, 7) is 5.53. The summed E-state index contributed by atoms with van der Waals surface area (Å²) in [5.74, 6) is 1.03. The highest BCUT2D eigenvalue weighted by Gasteiger charge is 2.35. The summed E-state index contributed by atoms with van der Waals surface area (Å²) in [5, 5.41) is 16.0. The molecule has 3 aromatic carbocycles. The Morgan fingerprint density at radius 1 is 0.933 bits per heavy atom. The number of H-pyrrole nitrogens is 1. The third kappa shape index (κ3) is 8.84. The molecule has 3 aliphatic heterocycles. The average Bonchev–Trinajstić information content (AvgIpc) is 3.83. The molecule has 5 heterocycles. The maximum absolute atomic E-state index is 14.0. The second-order valence-electron chi connectivity index (χ2n) is 16.7. The summed E-state index contributed by atoms with van der Waals surface area (Å²) >= 11 is 0. The number of amides is 1. The van der Waals surface area contributed by atoms with Crippen LogP contribution in [0.4, 0.5) is 17.1 Å². The Labute approximate surface area is 349 Å². The number of carbonyl (C=O) groups excluding carboxylic acids is 1. The summed E-state index contributed by atoms with van der Waals surface area (Å²) in [4.78, 5) is 37.5. The fraction of sp³-hybridized carbons (Fsp3) is 0.422. The van der Waals surface area contributed by atoms with Gasteiger partial charge in [0.2, 0.25) is 0 Å². The van der Waals surface area contributed by atoms with Crippen molar-refractivity contribution in [2.24, 2.45) is 11.8 Å². The third-order valence-electron chi connectivity index (χ3n) is 12.6. The highest BCUT2D eigenvalue weighted by atomic mass is 32.2. The van der Waals surface area contributed by atoms with Gasteiger partial charge < -0.3 is 24.7 Å². The Morgan fingerprint density at radius 2 is 1.75 bits per heavy atom. The molecule has 4 aliphatic rings. The molecular weight excluding hydrogens is 783 g/mol. The monoisotopic (exact) mass is 833 g/mol. The summed E-state index contributed by atoms with van der Waals surface area (Å²) < 4.78 is 41.3. The quantitative estimate of drug-likeness (QED) is 0.0728. The number of likely N-dealkylation sites (tertiary alicyclic amines) is 1. The van der Waals surface area contributed by atoms with E-state index < -0.39 is 31.4 Å². The molecule has 1 saturated carbocycles. The van der Waals surface area contributed by atoms with Gasteiger partial charge in [-0.2, -0.15) is 0 Å². The minimum atomic E-state index is -4.54. The molecule has 14 nitrogen and oxygen atoms in total. The topological polar surface area (TPSA) is 172 Å². The van der Waals surface area contributed by atoms with Crippen molar-refractivity contribution in [3.8, 4) is 11.5 Å². The lowest BCUT2D eigenvalue weighted by Gasteiger charge is -2.38. The van der Waals surface area contributed by atoms with E-state index in [4.69, 9.17) is 9.47 Å². The van der Waals surface area contributed by atoms with Crippen molar-refractivity contribution in [3.05, 3.63) is 112 Å². The van der Waals surface area contributed by atoms with E-state index in [1.54, 1.807) is 30.6 Å². The number of benzene rings is 3. The molecule has 1 amide bonds. The lowest BCUT2D eigenvalue weighted by Crippen LogP contribution is -2.41. The second kappa shape index (κ2) is 17.2. The maximum atomic E-state index is 14.0. The zero-order valence-corrected chi connectivity index (χ0v) is 34.4. The predicted molar refractivity (Wildman–Crippen MR) is 229 cm³/mol. The summed E-state index contributed by atoms with van der Waals surface area (Å²) in [6, 6.07) is 21.9. The summed E-state index contributed by atoms with van der Waals surface area (Å²) in [6.07, 6.45) is 12.1. The van der Waals surface area contributed by atoms with Crippen molar-refractivity contribution in [2.45, 2.75) is 68.2 Å². The summed E-state index contributed by atoms with van der Waals surface area (Å²) in [7, 11) is -4.54. The Balaban J connectivity index is 0.942. The molecule has 2 aromatic heterocycles. The first-order valence-corrected chi connectivity index (χ1v) is 22.7. The standard InChI is InChI=1S/C45H51N7O7S/c53-45(49-60(56,57)36-12-14-40(42(25-36)52(54)55)47-26-30-16-21-58-22-17-30)39-13-11-34(24-43(39)59-35-23-33-15-18-46-44(33)48-27-35)50-19-3-5-31(28-50)29-51-20-4-8-41(51)38-7-2-1-6-37(38)32-9-10-32/h1-2,6-7,11-15,18,23-25,27,30-32,41,47H,3-5,8-10,16-17,19-22,26,28-29H2,(H,46,48)(H,49,53)/t31-,41+/m0/s1. The molecule has 2 atom stereocenters. The number of fused-ring (bicyclic) bond motifs is 1. The molecular formula is C45H51N7O7S. The van der Waals surface area contributed by atoms with Gasteiger partial charge in [-0.1, -0.05) is 24.3 Å². The molecule has 15 heteroatoms. The van der Waals surface area contributed by atoms with Crippen molar-refractivity contribution < 1.29 is 27.6 Å². The van der Waals surface area contributed by atoms with Crippen LogP contribution in [-0.4, -0.2) is 80.1 Å². The SMILES string of the molecule is O=C(NS(=O)(=O)c1ccc(NCC2CCOCC2)c([N+](=O)[O-])c1)c1ccc(N2CCC[C@H](CN3CCC[C@@H]3c3ccccc3C3CC3)C2)cc1Oc1cnc2[nH]ccc2c1. The zero-order chi connectivity index (χ0) is 41.2. The lowest BCUT2D eigenvalue weighted by molar-refractivity contribution is -0.384. The van der Waals surface area contributed by atoms with E-state index in [1.165, 1.54) is 48.9 Å². The first-order valence-electron chi connectivity index (χ1n) is 21.2. The van der Waals surface area contributed by atoms with Gasteiger partial charge in [-0.15, -0.1) is 0 Å². The van der Waals surface area contributed by atoms with Gasteiger partial charge in [0, 0.05) is 74.8 Å². The van der Waals surface area contributed by atoms with Crippen LogP contribution in [-0.2, 0) is 14.8 Å². The highest BCUT2D eigenvalue weighted by Crippen LogP contribution is 2.46. The number of aromatic nitrogens is 2. The van der Waals surface area contributed by atoms with Crippen LogP contribution in [0.2, 0.25) is 0 Å². The van der Waals surface area contributed by atoms with E-state index in [9.17, 15) is 23.3 Å². The number of hydrogen-bond donors (Lipinski definition) is 3. The minimum Gasteiger partial charge on any atom is -0.455 e. The number of nitrogens with one attached hydrogen (secondary N) is 3. The van der Waals surface area contributed by atoms with E-state index >= 15 is 0 Å². The third-order valence-corrected chi connectivity index (χ3v) is 13.9. The number of piperidine rings is 1. The van der Waals surface area contributed by atoms with Crippen LogP contribution in [0.1, 0.15) is 84.8 Å². The smallest absolute Gasteiger partial charge is 0.293 e. The first-order chi connectivity index (χ1) is 29.2. The molecule has 5 aromatic rings. The second-order valence-corrected chi connectivity index (χ2v) is 18.4. The Bertz CT molecular complexity index is 2480. The molecule has 0 unspecified atom stereocenters. The zero-order valence-electron chi connectivity index (χ0n) is 33.6. The Kier molecular flexibility index (Phi) is 11.5. The van der Waals surface area contributed by atoms with Gasteiger partial charge in [0.25, 0.3) is 21.6 Å². The number of rotatable bonds is 14. The molecule has 3 N–H and O–H groups in total. The molecule has 0 spiro atoms. The van der Waals surface area contributed by atoms with Crippen LogP contribution in [0.25, 0.3) is 11.0 Å².